The van der Waals surface area contributed by atoms with E-state index in [1.807, 2.05) is 66.7 Å². The van der Waals surface area contributed by atoms with Gasteiger partial charge in [-0.15, -0.1) is 0 Å². The van der Waals surface area contributed by atoms with Gasteiger partial charge in [-0.05, 0) is 57.3 Å². The molecule has 0 aliphatic carbocycles. The van der Waals surface area contributed by atoms with Gasteiger partial charge in [0.05, 0.1) is 5.56 Å². The van der Waals surface area contributed by atoms with E-state index >= 15 is 0 Å². The molecular weight excluding hydrogens is 574 g/mol. The Morgan fingerprint density at radius 3 is 1.40 bits per heavy atom. The van der Waals surface area contributed by atoms with E-state index in [4.69, 9.17) is 19.4 Å². The van der Waals surface area contributed by atoms with Gasteiger partial charge in [0, 0.05) is 21.9 Å². The number of aromatic nitrogens is 3. The molecule has 0 amide bonds. The van der Waals surface area contributed by atoms with Crippen molar-refractivity contribution in [3.05, 3.63) is 164 Å². The lowest BCUT2D eigenvalue weighted by molar-refractivity contribution is 0.670. The third-order valence-corrected chi connectivity index (χ3v) is 8.70. The first-order valence-electron chi connectivity index (χ1n) is 15.7. The molecule has 0 atom stereocenters. The predicted octanol–water partition coefficient (Wildman–Crippen LogP) is 11.3. The van der Waals surface area contributed by atoms with Gasteiger partial charge in [-0.3, -0.25) is 0 Å². The molecule has 9 aromatic rings. The second-order valence-electron chi connectivity index (χ2n) is 11.7. The number of hydrogen-bond donors (Lipinski definition) is 0. The largest absolute Gasteiger partial charge is 0.455 e. The van der Waals surface area contributed by atoms with E-state index in [-0.39, 0.29) is 0 Å². The van der Waals surface area contributed by atoms with Gasteiger partial charge >= 0.3 is 0 Å². The molecule has 0 spiro atoms. The average Bonchev–Trinajstić information content (AvgIpc) is 3.51. The molecule has 4 nitrogen and oxygen atoms in total. The highest BCUT2D eigenvalue weighted by molar-refractivity contribution is 6.14. The van der Waals surface area contributed by atoms with E-state index in [2.05, 4.69) is 97.1 Å². The van der Waals surface area contributed by atoms with E-state index in [1.54, 1.807) is 0 Å². The van der Waals surface area contributed by atoms with Crippen LogP contribution in [0.4, 0.5) is 0 Å². The summed E-state index contributed by atoms with van der Waals surface area (Å²) >= 11 is 0. The van der Waals surface area contributed by atoms with Crippen LogP contribution in [0.25, 0.3) is 89.1 Å². The molecule has 2 aromatic heterocycles. The summed E-state index contributed by atoms with van der Waals surface area (Å²) in [7, 11) is 0. The summed E-state index contributed by atoms with van der Waals surface area (Å²) < 4.78 is 6.70. The van der Waals surface area contributed by atoms with Crippen LogP contribution >= 0.6 is 0 Å². The van der Waals surface area contributed by atoms with Crippen LogP contribution in [0.3, 0.4) is 0 Å². The molecule has 2 heterocycles. The fraction of sp³-hybridized carbons (Fsp3) is 0. The smallest absolute Gasteiger partial charge is 0.167 e. The van der Waals surface area contributed by atoms with Crippen LogP contribution < -0.4 is 0 Å². The monoisotopic (exact) mass is 601 g/mol. The van der Waals surface area contributed by atoms with Crippen LogP contribution in [-0.2, 0) is 0 Å². The molecule has 0 aliphatic rings. The number of hydrogen-bond acceptors (Lipinski definition) is 4. The van der Waals surface area contributed by atoms with Crippen LogP contribution in [0.2, 0.25) is 0 Å². The molecule has 0 fully saturated rings. The molecule has 47 heavy (non-hydrogen) atoms. The SMILES string of the molecule is c1ccc(-c2ccc(-c3cc(-c4nc(-c5ccccc5)nc(-c5ccccc5)n4)c4oc5cc6ccccc6cc5c4c3)cc2)cc1. The number of fused-ring (bicyclic) bond motifs is 4. The predicted molar refractivity (Wildman–Crippen MR) is 192 cm³/mol. The summed E-state index contributed by atoms with van der Waals surface area (Å²) in [5, 5.41) is 4.38. The lowest BCUT2D eigenvalue weighted by atomic mass is 9.96. The quantitative estimate of drug-likeness (QED) is 0.197. The Morgan fingerprint density at radius 1 is 0.340 bits per heavy atom. The van der Waals surface area contributed by atoms with Gasteiger partial charge in [0.1, 0.15) is 11.2 Å². The van der Waals surface area contributed by atoms with Crippen molar-refractivity contribution in [2.75, 3.05) is 0 Å². The Hall–Kier alpha value is -6.39. The van der Waals surface area contributed by atoms with Crippen LogP contribution in [-0.4, -0.2) is 15.0 Å². The standard InChI is InChI=1S/C43H27N3O/c1-4-12-28(13-5-1)29-20-22-30(23-21-29)35-25-37-36-24-33-18-10-11-19-34(33)27-39(36)47-40(37)38(26-35)43-45-41(31-14-6-2-7-15-31)44-42(46-43)32-16-8-3-9-17-32/h1-27H. The van der Waals surface area contributed by atoms with Crippen LogP contribution in [0.15, 0.2) is 168 Å². The molecule has 0 unspecified atom stereocenters. The van der Waals surface area contributed by atoms with E-state index in [1.165, 1.54) is 16.5 Å². The average molecular weight is 602 g/mol. The summed E-state index contributed by atoms with van der Waals surface area (Å²) in [6.07, 6.45) is 0. The van der Waals surface area contributed by atoms with Crippen molar-refractivity contribution >= 4 is 32.7 Å². The molecular formula is C43H27N3O. The van der Waals surface area contributed by atoms with Gasteiger partial charge in [0.15, 0.2) is 17.5 Å². The Morgan fingerprint density at radius 2 is 0.809 bits per heavy atom. The first-order valence-corrected chi connectivity index (χ1v) is 15.7. The summed E-state index contributed by atoms with van der Waals surface area (Å²) in [4.78, 5) is 15.1. The fourth-order valence-corrected chi connectivity index (χ4v) is 6.31. The van der Waals surface area contributed by atoms with Crippen LogP contribution in [0.1, 0.15) is 0 Å². The summed E-state index contributed by atoms with van der Waals surface area (Å²) in [5.74, 6) is 1.79. The van der Waals surface area contributed by atoms with Gasteiger partial charge in [0.25, 0.3) is 0 Å². The molecule has 0 N–H and O–H groups in total. The minimum absolute atomic E-state index is 0.564. The molecule has 0 saturated carbocycles. The van der Waals surface area contributed by atoms with Crippen LogP contribution in [0, 0.1) is 0 Å². The molecule has 0 aliphatic heterocycles. The Balaban J connectivity index is 1.31. The molecule has 9 rings (SSSR count). The zero-order valence-corrected chi connectivity index (χ0v) is 25.3. The Bertz CT molecular complexity index is 2480. The summed E-state index contributed by atoms with van der Waals surface area (Å²) in [5.41, 5.74) is 8.78. The van der Waals surface area contributed by atoms with Crippen LogP contribution in [0.5, 0.6) is 0 Å². The minimum atomic E-state index is 0.564. The van der Waals surface area contributed by atoms with Gasteiger partial charge in [-0.2, -0.15) is 0 Å². The maximum absolute atomic E-state index is 6.70. The minimum Gasteiger partial charge on any atom is -0.455 e. The van der Waals surface area contributed by atoms with E-state index < -0.39 is 0 Å². The van der Waals surface area contributed by atoms with Crippen molar-refractivity contribution in [2.45, 2.75) is 0 Å². The van der Waals surface area contributed by atoms with Crippen molar-refractivity contribution < 1.29 is 4.42 Å². The summed E-state index contributed by atoms with van der Waals surface area (Å²) in [6.45, 7) is 0. The van der Waals surface area contributed by atoms with Crippen molar-refractivity contribution in [3.8, 4) is 56.4 Å². The molecule has 4 heteroatoms. The van der Waals surface area contributed by atoms with Gasteiger partial charge in [0.2, 0.25) is 0 Å². The first kappa shape index (κ1) is 27.0. The highest BCUT2D eigenvalue weighted by atomic mass is 16.3. The molecule has 220 valence electrons. The second-order valence-corrected chi connectivity index (χ2v) is 11.7. The van der Waals surface area contributed by atoms with E-state index in [9.17, 15) is 0 Å². The maximum Gasteiger partial charge on any atom is 0.167 e. The number of furan rings is 1. The van der Waals surface area contributed by atoms with Crippen molar-refractivity contribution in [1.82, 2.24) is 15.0 Å². The lowest BCUT2D eigenvalue weighted by Crippen LogP contribution is -2.00. The van der Waals surface area contributed by atoms with Gasteiger partial charge in [-0.25, -0.2) is 15.0 Å². The second kappa shape index (κ2) is 11.2. The zero-order valence-electron chi connectivity index (χ0n) is 25.3. The van der Waals surface area contributed by atoms with Crippen molar-refractivity contribution in [1.29, 1.82) is 0 Å². The summed E-state index contributed by atoms with van der Waals surface area (Å²) in [6, 6.07) is 56.4. The van der Waals surface area contributed by atoms with E-state index in [0.29, 0.717) is 17.5 Å². The van der Waals surface area contributed by atoms with E-state index in [0.717, 1.165) is 55.1 Å². The third kappa shape index (κ3) is 4.93. The number of rotatable bonds is 5. The number of benzene rings is 7. The highest BCUT2D eigenvalue weighted by Crippen LogP contribution is 2.41. The fourth-order valence-electron chi connectivity index (χ4n) is 6.31. The van der Waals surface area contributed by atoms with Crippen molar-refractivity contribution in [3.63, 3.8) is 0 Å². The lowest BCUT2D eigenvalue weighted by Gasteiger charge is -2.11. The third-order valence-electron chi connectivity index (χ3n) is 8.70. The normalized spacial score (nSPS) is 11.4. The maximum atomic E-state index is 6.70. The van der Waals surface area contributed by atoms with Gasteiger partial charge < -0.3 is 4.42 Å². The molecule has 0 radical (unpaired) electrons. The molecule has 0 bridgehead atoms. The highest BCUT2D eigenvalue weighted by Gasteiger charge is 2.20. The number of nitrogens with zero attached hydrogens (tertiary/aromatic N) is 3. The zero-order chi connectivity index (χ0) is 31.2. The first-order chi connectivity index (χ1) is 23.3. The topological polar surface area (TPSA) is 51.8 Å². The molecule has 7 aromatic carbocycles. The Kier molecular flexibility index (Phi) is 6.43. The van der Waals surface area contributed by atoms with Gasteiger partial charge in [-0.1, -0.05) is 140 Å². The van der Waals surface area contributed by atoms with Crippen molar-refractivity contribution in [2.24, 2.45) is 0 Å². The Labute approximate surface area is 271 Å². The molecule has 0 saturated heterocycles.